The van der Waals surface area contributed by atoms with Crippen molar-refractivity contribution in [3.8, 4) is 23.0 Å². The Morgan fingerprint density at radius 2 is 1.19 bits per heavy atom. The van der Waals surface area contributed by atoms with Gasteiger partial charge in [-0.25, -0.2) is 0 Å². The van der Waals surface area contributed by atoms with Crippen LogP contribution in [0.15, 0.2) is 47.5 Å². The Labute approximate surface area is 189 Å². The minimum atomic E-state index is 0.0605. The van der Waals surface area contributed by atoms with E-state index in [9.17, 15) is 4.79 Å². The molecule has 168 valence electrons. The predicted octanol–water partition coefficient (Wildman–Crippen LogP) is 4.23. The summed E-state index contributed by atoms with van der Waals surface area (Å²) in [5.74, 6) is 2.90. The lowest BCUT2D eigenvalue weighted by molar-refractivity contribution is -0.114. The molecular formula is C26H29NO5. The van der Waals surface area contributed by atoms with Gasteiger partial charge in [-0.15, -0.1) is 0 Å². The Kier molecular flexibility index (Phi) is 6.24. The quantitative estimate of drug-likeness (QED) is 0.633. The summed E-state index contributed by atoms with van der Waals surface area (Å²) in [6, 6.07) is 11.4. The summed E-state index contributed by atoms with van der Waals surface area (Å²) in [6.07, 6.45) is 5.75. The van der Waals surface area contributed by atoms with E-state index in [1.54, 1.807) is 28.4 Å². The summed E-state index contributed by atoms with van der Waals surface area (Å²) in [7, 11) is 8.60. The van der Waals surface area contributed by atoms with E-state index in [0.717, 1.165) is 46.6 Å². The minimum Gasteiger partial charge on any atom is -0.497 e. The highest BCUT2D eigenvalue weighted by atomic mass is 16.5. The molecular weight excluding hydrogens is 406 g/mol. The van der Waals surface area contributed by atoms with Gasteiger partial charge in [0.25, 0.3) is 0 Å². The Morgan fingerprint density at radius 3 is 1.56 bits per heavy atom. The van der Waals surface area contributed by atoms with E-state index in [0.29, 0.717) is 11.5 Å². The SMILES string of the molecule is COc1ccc(OC)c(/C=C2/C(=O)/C(=C/c3cc(OC)ccc3OC)C3CCC2N3C)c1. The first-order valence-electron chi connectivity index (χ1n) is 10.6. The number of methoxy groups -OCH3 is 4. The molecule has 6 heteroatoms. The maximum absolute atomic E-state index is 13.7. The Balaban J connectivity index is 1.82. The molecule has 2 bridgehead atoms. The zero-order valence-electron chi connectivity index (χ0n) is 19.2. The van der Waals surface area contributed by atoms with Gasteiger partial charge in [0.1, 0.15) is 23.0 Å². The number of Topliss-reactive ketones (excluding diaryl/α,β-unsaturated/α-hetero) is 1. The zero-order valence-corrected chi connectivity index (χ0v) is 19.2. The summed E-state index contributed by atoms with van der Waals surface area (Å²) in [6.45, 7) is 0. The van der Waals surface area contributed by atoms with Crippen molar-refractivity contribution in [2.24, 2.45) is 0 Å². The number of nitrogens with zero attached hydrogens (tertiary/aromatic N) is 1. The van der Waals surface area contributed by atoms with Gasteiger partial charge in [-0.3, -0.25) is 9.69 Å². The van der Waals surface area contributed by atoms with E-state index in [4.69, 9.17) is 18.9 Å². The molecule has 32 heavy (non-hydrogen) atoms. The van der Waals surface area contributed by atoms with Crippen molar-refractivity contribution in [3.63, 3.8) is 0 Å². The van der Waals surface area contributed by atoms with Crippen LogP contribution in [0.25, 0.3) is 12.2 Å². The van der Waals surface area contributed by atoms with Crippen LogP contribution in [0.1, 0.15) is 24.0 Å². The number of piperidine rings is 1. The standard InChI is InChI=1S/C26H29NO5/c1-27-22-8-9-23(27)21(15-17-13-19(30-3)7-11-25(17)32-5)26(28)20(22)14-16-12-18(29-2)6-10-24(16)31-4/h6-7,10-15,22-23H,8-9H2,1-5H3/b20-14+,21-15+. The van der Waals surface area contributed by atoms with Gasteiger partial charge in [0.05, 0.1) is 28.4 Å². The molecule has 0 aliphatic carbocycles. The number of ketones is 1. The van der Waals surface area contributed by atoms with E-state index in [2.05, 4.69) is 11.9 Å². The third-order valence-electron chi connectivity index (χ3n) is 6.43. The monoisotopic (exact) mass is 435 g/mol. The average molecular weight is 436 g/mol. The summed E-state index contributed by atoms with van der Waals surface area (Å²) < 4.78 is 21.8. The van der Waals surface area contributed by atoms with E-state index in [1.807, 2.05) is 48.6 Å². The Hall–Kier alpha value is -3.25. The molecule has 2 aromatic rings. The fourth-order valence-corrected chi connectivity index (χ4v) is 4.72. The molecule has 0 aromatic heterocycles. The first-order valence-corrected chi connectivity index (χ1v) is 10.6. The van der Waals surface area contributed by atoms with Gasteiger partial charge in [0.15, 0.2) is 5.78 Å². The summed E-state index contributed by atoms with van der Waals surface area (Å²) in [5.41, 5.74) is 3.18. The molecule has 2 aliphatic rings. The van der Waals surface area contributed by atoms with Crippen molar-refractivity contribution in [2.75, 3.05) is 35.5 Å². The average Bonchev–Trinajstić information content (AvgIpc) is 3.13. The number of hydrogen-bond acceptors (Lipinski definition) is 6. The second-order valence-corrected chi connectivity index (χ2v) is 8.02. The fourth-order valence-electron chi connectivity index (χ4n) is 4.72. The lowest BCUT2D eigenvalue weighted by atomic mass is 9.88. The molecule has 0 spiro atoms. The maximum Gasteiger partial charge on any atom is 0.188 e. The first kappa shape index (κ1) is 22.0. The fraction of sp³-hybridized carbons (Fsp3) is 0.346. The topological polar surface area (TPSA) is 57.2 Å². The highest BCUT2D eigenvalue weighted by molar-refractivity contribution is 6.16. The molecule has 2 aliphatic heterocycles. The summed E-state index contributed by atoms with van der Waals surface area (Å²) in [4.78, 5) is 16.0. The van der Waals surface area contributed by atoms with E-state index in [1.165, 1.54) is 0 Å². The van der Waals surface area contributed by atoms with Gasteiger partial charge in [0, 0.05) is 34.4 Å². The van der Waals surface area contributed by atoms with Gasteiger partial charge in [0.2, 0.25) is 0 Å². The van der Waals surface area contributed by atoms with Crippen LogP contribution in [0.5, 0.6) is 23.0 Å². The number of ether oxygens (including phenoxy) is 4. The molecule has 2 heterocycles. The molecule has 2 aromatic carbocycles. The van der Waals surface area contributed by atoms with Crippen molar-refractivity contribution in [3.05, 3.63) is 58.7 Å². The van der Waals surface area contributed by atoms with Gasteiger partial charge >= 0.3 is 0 Å². The van der Waals surface area contributed by atoms with Gasteiger partial charge < -0.3 is 18.9 Å². The summed E-state index contributed by atoms with van der Waals surface area (Å²) >= 11 is 0. The smallest absolute Gasteiger partial charge is 0.188 e. The molecule has 0 amide bonds. The Bertz CT molecular complexity index is 1000. The second-order valence-electron chi connectivity index (χ2n) is 8.02. The van der Waals surface area contributed by atoms with Gasteiger partial charge in [-0.1, -0.05) is 0 Å². The van der Waals surface area contributed by atoms with Crippen LogP contribution < -0.4 is 18.9 Å². The van der Waals surface area contributed by atoms with Crippen LogP contribution in [0.2, 0.25) is 0 Å². The van der Waals surface area contributed by atoms with Crippen LogP contribution in [0.3, 0.4) is 0 Å². The number of likely N-dealkylation sites (N-methyl/N-ethyl adjacent to an activating group) is 1. The van der Waals surface area contributed by atoms with Crippen molar-refractivity contribution < 1.29 is 23.7 Å². The molecule has 4 rings (SSSR count). The number of benzene rings is 2. The van der Waals surface area contributed by atoms with E-state index < -0.39 is 0 Å². The molecule has 0 saturated carbocycles. The molecule has 2 unspecified atom stereocenters. The van der Waals surface area contributed by atoms with Crippen LogP contribution in [-0.4, -0.2) is 58.3 Å². The van der Waals surface area contributed by atoms with E-state index in [-0.39, 0.29) is 17.9 Å². The van der Waals surface area contributed by atoms with Crippen molar-refractivity contribution in [2.45, 2.75) is 24.9 Å². The van der Waals surface area contributed by atoms with Crippen LogP contribution in [0, 0.1) is 0 Å². The molecule has 2 atom stereocenters. The maximum atomic E-state index is 13.7. The minimum absolute atomic E-state index is 0.0605. The number of carbonyl (C=O) groups excluding carboxylic acids is 1. The lowest BCUT2D eigenvalue weighted by Crippen LogP contribution is -2.43. The second kappa shape index (κ2) is 9.09. The number of carbonyl (C=O) groups is 1. The van der Waals surface area contributed by atoms with Crippen molar-refractivity contribution >= 4 is 17.9 Å². The highest BCUT2D eigenvalue weighted by Crippen LogP contribution is 2.42. The van der Waals surface area contributed by atoms with Crippen molar-refractivity contribution in [1.82, 2.24) is 4.90 Å². The Morgan fingerprint density at radius 1 is 0.750 bits per heavy atom. The largest absolute Gasteiger partial charge is 0.497 e. The molecule has 0 N–H and O–H groups in total. The van der Waals surface area contributed by atoms with Gasteiger partial charge in [-0.2, -0.15) is 0 Å². The lowest BCUT2D eigenvalue weighted by Gasteiger charge is -2.34. The number of fused-ring (bicyclic) bond motifs is 2. The number of rotatable bonds is 6. The van der Waals surface area contributed by atoms with Crippen LogP contribution >= 0.6 is 0 Å². The predicted molar refractivity (Wildman–Crippen MR) is 125 cm³/mol. The first-order chi connectivity index (χ1) is 15.5. The van der Waals surface area contributed by atoms with Crippen molar-refractivity contribution in [1.29, 1.82) is 0 Å². The third kappa shape index (κ3) is 3.86. The van der Waals surface area contributed by atoms with Crippen LogP contribution in [-0.2, 0) is 4.79 Å². The van der Waals surface area contributed by atoms with E-state index >= 15 is 0 Å². The zero-order chi connectivity index (χ0) is 22.8. The molecule has 6 nitrogen and oxygen atoms in total. The summed E-state index contributed by atoms with van der Waals surface area (Å²) in [5, 5.41) is 0. The number of hydrogen-bond donors (Lipinski definition) is 0. The molecule has 2 fully saturated rings. The third-order valence-corrected chi connectivity index (χ3v) is 6.43. The van der Waals surface area contributed by atoms with Gasteiger partial charge in [-0.05, 0) is 68.4 Å². The van der Waals surface area contributed by atoms with Crippen LogP contribution in [0.4, 0.5) is 0 Å². The molecule has 0 radical (unpaired) electrons. The highest BCUT2D eigenvalue weighted by Gasteiger charge is 2.44. The molecule has 2 saturated heterocycles. The normalized spacial score (nSPS) is 23.0.